The molecule has 0 fully saturated rings. The van der Waals surface area contributed by atoms with Gasteiger partial charge in [-0.15, -0.1) is 0 Å². The van der Waals surface area contributed by atoms with Gasteiger partial charge in [0.25, 0.3) is 0 Å². The molecule has 0 radical (unpaired) electrons. The van der Waals surface area contributed by atoms with Gasteiger partial charge in [-0.25, -0.2) is 9.78 Å². The van der Waals surface area contributed by atoms with Gasteiger partial charge in [0.2, 0.25) is 0 Å². The Hall–Kier alpha value is -2.59. The van der Waals surface area contributed by atoms with Gasteiger partial charge in [-0.2, -0.15) is 0 Å². The average Bonchev–Trinajstić information content (AvgIpc) is 2.55. The summed E-state index contributed by atoms with van der Waals surface area (Å²) in [5, 5.41) is 1.19. The van der Waals surface area contributed by atoms with Crippen LogP contribution in [0.4, 0.5) is 4.79 Å². The van der Waals surface area contributed by atoms with Crippen molar-refractivity contribution >= 4 is 28.7 Å². The number of carbonyl (C=O) groups is 1. The van der Waals surface area contributed by atoms with Crippen molar-refractivity contribution < 1.29 is 14.3 Å². The van der Waals surface area contributed by atoms with Crippen molar-refractivity contribution in [2.24, 2.45) is 0 Å². The third kappa shape index (κ3) is 2.87. The number of hydrogen-bond acceptors (Lipinski definition) is 4. The molecule has 0 aliphatic rings. The second-order valence-corrected chi connectivity index (χ2v) is 5.03. The molecule has 0 saturated carbocycles. The predicted octanol–water partition coefficient (Wildman–Crippen LogP) is 4.70. The molecular formula is C17H12ClNO3. The van der Waals surface area contributed by atoms with E-state index in [0.717, 1.165) is 5.56 Å². The lowest BCUT2D eigenvalue weighted by molar-refractivity contribution is 0.122. The minimum Gasteiger partial charge on any atom is -0.437 e. The summed E-state index contributed by atoms with van der Waals surface area (Å²) in [5.41, 5.74) is 2.31. The number of benzene rings is 2. The third-order valence-corrected chi connectivity index (χ3v) is 3.40. The van der Waals surface area contributed by atoms with Gasteiger partial charge in [-0.1, -0.05) is 41.9 Å². The van der Waals surface area contributed by atoms with E-state index in [9.17, 15) is 4.79 Å². The zero-order valence-corrected chi connectivity index (χ0v) is 12.5. The molecule has 110 valence electrons. The maximum atomic E-state index is 11.5. The van der Waals surface area contributed by atoms with Gasteiger partial charge in [0.05, 0.1) is 18.3 Å². The Labute approximate surface area is 132 Å². The summed E-state index contributed by atoms with van der Waals surface area (Å²) in [6.45, 7) is 0. The fourth-order valence-electron chi connectivity index (χ4n) is 2.14. The van der Waals surface area contributed by atoms with Crippen LogP contribution in [-0.4, -0.2) is 18.2 Å². The van der Waals surface area contributed by atoms with Crippen LogP contribution in [0.15, 0.2) is 54.6 Å². The highest BCUT2D eigenvalue weighted by atomic mass is 35.5. The molecule has 0 N–H and O–H groups in total. The predicted molar refractivity (Wildman–Crippen MR) is 85.2 cm³/mol. The summed E-state index contributed by atoms with van der Waals surface area (Å²) in [4.78, 5) is 16.0. The molecule has 0 saturated heterocycles. The number of ether oxygens (including phenoxy) is 2. The number of pyridine rings is 1. The van der Waals surface area contributed by atoms with Crippen LogP contribution < -0.4 is 4.74 Å². The molecule has 3 aromatic rings. The van der Waals surface area contributed by atoms with Crippen LogP contribution in [0.3, 0.4) is 0 Å². The zero-order chi connectivity index (χ0) is 15.5. The van der Waals surface area contributed by atoms with Crippen LogP contribution in [0, 0.1) is 0 Å². The van der Waals surface area contributed by atoms with Crippen molar-refractivity contribution in [3.63, 3.8) is 0 Å². The van der Waals surface area contributed by atoms with E-state index in [4.69, 9.17) is 16.3 Å². The fraction of sp³-hybridized carbons (Fsp3) is 0.0588. The van der Waals surface area contributed by atoms with Gasteiger partial charge in [0.1, 0.15) is 5.75 Å². The molecule has 4 nitrogen and oxygen atoms in total. The van der Waals surface area contributed by atoms with E-state index in [2.05, 4.69) is 9.72 Å². The van der Waals surface area contributed by atoms with Crippen molar-refractivity contribution in [1.82, 2.24) is 4.98 Å². The number of carbonyl (C=O) groups excluding carboxylic acids is 1. The van der Waals surface area contributed by atoms with Crippen LogP contribution in [0.2, 0.25) is 5.02 Å². The minimum atomic E-state index is -0.786. The standard InChI is InChI=1S/C17H12ClNO3/c1-21-17(20)22-16-10-15(11-5-3-2-4-6-11)19-14-8-7-12(18)9-13(14)16/h2-10H,1H3. The molecule has 0 bridgehead atoms. The van der Waals surface area contributed by atoms with Crippen molar-refractivity contribution in [3.05, 3.63) is 59.6 Å². The molecule has 0 spiro atoms. The van der Waals surface area contributed by atoms with E-state index >= 15 is 0 Å². The number of rotatable bonds is 2. The molecule has 0 aliphatic carbocycles. The van der Waals surface area contributed by atoms with Gasteiger partial charge < -0.3 is 9.47 Å². The lowest BCUT2D eigenvalue weighted by Crippen LogP contribution is -2.08. The summed E-state index contributed by atoms with van der Waals surface area (Å²) >= 11 is 6.02. The molecule has 5 heteroatoms. The topological polar surface area (TPSA) is 48.4 Å². The Balaban J connectivity index is 2.20. The van der Waals surface area contributed by atoms with E-state index in [1.807, 2.05) is 30.3 Å². The fourth-order valence-corrected chi connectivity index (χ4v) is 2.31. The summed E-state index contributed by atoms with van der Waals surface area (Å²) in [6.07, 6.45) is -0.786. The molecular weight excluding hydrogens is 302 g/mol. The van der Waals surface area contributed by atoms with Gasteiger partial charge in [-0.05, 0) is 18.2 Å². The van der Waals surface area contributed by atoms with E-state index in [1.165, 1.54) is 7.11 Å². The summed E-state index contributed by atoms with van der Waals surface area (Å²) in [7, 11) is 1.26. The third-order valence-electron chi connectivity index (χ3n) is 3.16. The van der Waals surface area contributed by atoms with Crippen LogP contribution in [-0.2, 0) is 4.74 Å². The van der Waals surface area contributed by atoms with Crippen molar-refractivity contribution in [2.75, 3.05) is 7.11 Å². The summed E-state index contributed by atoms with van der Waals surface area (Å²) < 4.78 is 9.80. The first-order chi connectivity index (χ1) is 10.7. The molecule has 2 aromatic carbocycles. The second kappa shape index (κ2) is 6.03. The molecule has 22 heavy (non-hydrogen) atoms. The van der Waals surface area contributed by atoms with E-state index in [1.54, 1.807) is 24.3 Å². The van der Waals surface area contributed by atoms with Crippen molar-refractivity contribution in [1.29, 1.82) is 0 Å². The number of aromatic nitrogens is 1. The van der Waals surface area contributed by atoms with E-state index in [-0.39, 0.29) is 0 Å². The Morgan fingerprint density at radius 2 is 1.86 bits per heavy atom. The van der Waals surface area contributed by atoms with Crippen LogP contribution >= 0.6 is 11.6 Å². The smallest absolute Gasteiger partial charge is 0.437 e. The van der Waals surface area contributed by atoms with Crippen LogP contribution in [0.1, 0.15) is 0 Å². The normalized spacial score (nSPS) is 10.5. The van der Waals surface area contributed by atoms with Crippen LogP contribution in [0.5, 0.6) is 5.75 Å². The van der Waals surface area contributed by atoms with E-state index < -0.39 is 6.16 Å². The van der Waals surface area contributed by atoms with Crippen molar-refractivity contribution in [2.45, 2.75) is 0 Å². The van der Waals surface area contributed by atoms with Crippen molar-refractivity contribution in [3.8, 4) is 17.0 Å². The molecule has 0 atom stereocenters. The maximum Gasteiger partial charge on any atom is 0.513 e. The summed E-state index contributed by atoms with van der Waals surface area (Å²) in [5.74, 6) is 0.359. The number of hydrogen-bond donors (Lipinski definition) is 0. The molecule has 0 aliphatic heterocycles. The van der Waals surface area contributed by atoms with Gasteiger partial charge >= 0.3 is 6.16 Å². The van der Waals surface area contributed by atoms with Crippen LogP contribution in [0.25, 0.3) is 22.2 Å². The Bertz CT molecular complexity index is 834. The Morgan fingerprint density at radius 1 is 1.09 bits per heavy atom. The highest BCUT2D eigenvalue weighted by molar-refractivity contribution is 6.31. The highest BCUT2D eigenvalue weighted by Crippen LogP contribution is 2.32. The van der Waals surface area contributed by atoms with Gasteiger partial charge in [0, 0.05) is 22.0 Å². The molecule has 1 heterocycles. The minimum absolute atomic E-state index is 0.359. The number of halogens is 1. The zero-order valence-electron chi connectivity index (χ0n) is 11.7. The first kappa shape index (κ1) is 14.4. The lowest BCUT2D eigenvalue weighted by atomic mass is 10.1. The molecule has 3 rings (SSSR count). The molecule has 0 amide bonds. The summed E-state index contributed by atoms with van der Waals surface area (Å²) in [6, 6.07) is 16.6. The van der Waals surface area contributed by atoms with Gasteiger partial charge in [0.15, 0.2) is 0 Å². The Kier molecular flexibility index (Phi) is 3.94. The number of methoxy groups -OCH3 is 1. The maximum absolute atomic E-state index is 11.5. The first-order valence-corrected chi connectivity index (χ1v) is 6.96. The monoisotopic (exact) mass is 313 g/mol. The molecule has 1 aromatic heterocycles. The largest absolute Gasteiger partial charge is 0.513 e. The number of fused-ring (bicyclic) bond motifs is 1. The highest BCUT2D eigenvalue weighted by Gasteiger charge is 2.13. The van der Waals surface area contributed by atoms with E-state index in [0.29, 0.717) is 27.4 Å². The lowest BCUT2D eigenvalue weighted by Gasteiger charge is -2.10. The molecule has 0 unspecified atom stereocenters. The second-order valence-electron chi connectivity index (χ2n) is 4.59. The number of nitrogens with zero attached hydrogens (tertiary/aromatic N) is 1. The van der Waals surface area contributed by atoms with Gasteiger partial charge in [-0.3, -0.25) is 0 Å². The first-order valence-electron chi connectivity index (χ1n) is 6.59. The average molecular weight is 314 g/mol. The Morgan fingerprint density at radius 3 is 2.59 bits per heavy atom. The quantitative estimate of drug-likeness (QED) is 0.643. The SMILES string of the molecule is COC(=O)Oc1cc(-c2ccccc2)nc2ccc(Cl)cc12.